The van der Waals surface area contributed by atoms with Crippen molar-refractivity contribution in [2.24, 2.45) is 0 Å². The maximum absolute atomic E-state index is 6.20. The van der Waals surface area contributed by atoms with Gasteiger partial charge in [0.05, 0.1) is 0 Å². The Morgan fingerprint density at radius 2 is 1.14 bits per heavy atom. The first-order valence-electron chi connectivity index (χ1n) is 7.22. The van der Waals surface area contributed by atoms with Gasteiger partial charge in [0.25, 0.3) is 0 Å². The summed E-state index contributed by atoms with van der Waals surface area (Å²) in [7, 11) is 0. The third-order valence-corrected chi connectivity index (χ3v) is 3.46. The Labute approximate surface area is 125 Å². The lowest BCUT2D eigenvalue weighted by atomic mass is 10.0. The number of benzene rings is 3. The van der Waals surface area contributed by atoms with E-state index in [-0.39, 0.29) is 6.10 Å². The highest BCUT2D eigenvalue weighted by Gasteiger charge is 2.13. The molecule has 0 aliphatic rings. The minimum atomic E-state index is 0.0241. The third-order valence-electron chi connectivity index (χ3n) is 3.46. The minimum Gasteiger partial charge on any atom is -0.485 e. The average molecular weight is 274 g/mol. The van der Waals surface area contributed by atoms with Gasteiger partial charge in [0.15, 0.2) is 0 Å². The van der Waals surface area contributed by atoms with E-state index in [2.05, 4.69) is 48.5 Å². The van der Waals surface area contributed by atoms with Gasteiger partial charge in [-0.1, -0.05) is 78.9 Å². The Morgan fingerprint density at radius 3 is 1.76 bits per heavy atom. The molecule has 0 bridgehead atoms. The maximum Gasteiger partial charge on any atom is 0.128 e. The Kier molecular flexibility index (Phi) is 4.33. The van der Waals surface area contributed by atoms with E-state index >= 15 is 0 Å². The number of hydrogen-bond donors (Lipinski definition) is 0. The molecule has 0 aliphatic heterocycles. The van der Waals surface area contributed by atoms with Crippen molar-refractivity contribution >= 4 is 0 Å². The van der Waals surface area contributed by atoms with Crippen molar-refractivity contribution in [3.8, 4) is 5.75 Å². The lowest BCUT2D eigenvalue weighted by Crippen LogP contribution is -2.10. The molecule has 0 amide bonds. The van der Waals surface area contributed by atoms with E-state index in [0.717, 1.165) is 12.2 Å². The van der Waals surface area contributed by atoms with Crippen LogP contribution in [0.3, 0.4) is 0 Å². The summed E-state index contributed by atoms with van der Waals surface area (Å²) in [6.45, 7) is 0. The summed E-state index contributed by atoms with van der Waals surface area (Å²) in [6.07, 6.45) is 0.885. The normalized spacial score (nSPS) is 11.8. The molecule has 1 atom stereocenters. The molecule has 0 fully saturated rings. The van der Waals surface area contributed by atoms with Gasteiger partial charge < -0.3 is 4.74 Å². The summed E-state index contributed by atoms with van der Waals surface area (Å²) < 4.78 is 6.20. The topological polar surface area (TPSA) is 9.23 Å². The Balaban J connectivity index is 1.84. The van der Waals surface area contributed by atoms with Crippen LogP contribution in [0.25, 0.3) is 0 Å². The van der Waals surface area contributed by atoms with Gasteiger partial charge in [-0.3, -0.25) is 0 Å². The van der Waals surface area contributed by atoms with Crippen LogP contribution in [-0.4, -0.2) is 0 Å². The third kappa shape index (κ3) is 3.73. The molecule has 0 aliphatic carbocycles. The lowest BCUT2D eigenvalue weighted by molar-refractivity contribution is 0.206. The summed E-state index contributed by atoms with van der Waals surface area (Å²) >= 11 is 0. The van der Waals surface area contributed by atoms with Crippen LogP contribution in [-0.2, 0) is 6.42 Å². The van der Waals surface area contributed by atoms with Crippen molar-refractivity contribution < 1.29 is 4.74 Å². The average Bonchev–Trinajstić information content (AvgIpc) is 2.57. The van der Waals surface area contributed by atoms with Crippen LogP contribution in [0.15, 0.2) is 91.0 Å². The maximum atomic E-state index is 6.20. The number of hydrogen-bond acceptors (Lipinski definition) is 1. The molecule has 0 radical (unpaired) electrons. The van der Waals surface area contributed by atoms with Gasteiger partial charge in [0.2, 0.25) is 0 Å². The fourth-order valence-corrected chi connectivity index (χ4v) is 2.39. The summed E-state index contributed by atoms with van der Waals surface area (Å²) in [4.78, 5) is 0. The van der Waals surface area contributed by atoms with Crippen LogP contribution in [0.4, 0.5) is 0 Å². The van der Waals surface area contributed by atoms with Gasteiger partial charge in [-0.15, -0.1) is 0 Å². The van der Waals surface area contributed by atoms with Crippen LogP contribution in [0.2, 0.25) is 0 Å². The Bertz CT molecular complexity index is 606. The zero-order chi connectivity index (χ0) is 14.3. The molecule has 3 rings (SSSR count). The Hall–Kier alpha value is -2.54. The number of ether oxygens (including phenoxy) is 1. The van der Waals surface area contributed by atoms with Crippen LogP contribution in [0, 0.1) is 0 Å². The monoisotopic (exact) mass is 274 g/mol. The van der Waals surface area contributed by atoms with Crippen molar-refractivity contribution in [3.05, 3.63) is 102 Å². The molecular formula is C20H18O. The molecule has 21 heavy (non-hydrogen) atoms. The Morgan fingerprint density at radius 1 is 0.619 bits per heavy atom. The van der Waals surface area contributed by atoms with Gasteiger partial charge >= 0.3 is 0 Å². The fourth-order valence-electron chi connectivity index (χ4n) is 2.39. The predicted octanol–water partition coefficient (Wildman–Crippen LogP) is 5.05. The molecule has 0 aromatic heterocycles. The van der Waals surface area contributed by atoms with E-state index in [9.17, 15) is 0 Å². The molecule has 3 aromatic carbocycles. The second-order valence-corrected chi connectivity index (χ2v) is 5.02. The standard InChI is InChI=1S/C20H18O/c1-4-10-17(11-5-1)16-20(18-12-6-2-7-13-18)21-19-14-8-3-9-15-19/h1-15,20H,16H2/t20-/m0/s1. The summed E-state index contributed by atoms with van der Waals surface area (Å²) in [5.74, 6) is 0.905. The van der Waals surface area contributed by atoms with Crippen LogP contribution < -0.4 is 4.74 Å². The molecule has 0 spiro atoms. The van der Waals surface area contributed by atoms with Crippen molar-refractivity contribution in [1.82, 2.24) is 0 Å². The van der Waals surface area contributed by atoms with E-state index in [1.54, 1.807) is 0 Å². The quantitative estimate of drug-likeness (QED) is 0.632. The van der Waals surface area contributed by atoms with Crippen LogP contribution in [0.5, 0.6) is 5.75 Å². The van der Waals surface area contributed by atoms with E-state index in [0.29, 0.717) is 0 Å². The highest BCUT2D eigenvalue weighted by atomic mass is 16.5. The molecule has 0 heterocycles. The van der Waals surface area contributed by atoms with Gasteiger partial charge in [0.1, 0.15) is 11.9 Å². The molecule has 0 saturated carbocycles. The van der Waals surface area contributed by atoms with Crippen molar-refractivity contribution in [2.45, 2.75) is 12.5 Å². The molecule has 0 N–H and O–H groups in total. The highest BCUT2D eigenvalue weighted by Crippen LogP contribution is 2.25. The predicted molar refractivity (Wildman–Crippen MR) is 86.4 cm³/mol. The molecule has 3 aromatic rings. The zero-order valence-corrected chi connectivity index (χ0v) is 11.9. The molecule has 0 saturated heterocycles. The lowest BCUT2D eigenvalue weighted by Gasteiger charge is -2.20. The molecule has 104 valence electrons. The van der Waals surface area contributed by atoms with Crippen LogP contribution >= 0.6 is 0 Å². The second kappa shape index (κ2) is 6.76. The van der Waals surface area contributed by atoms with Crippen molar-refractivity contribution in [2.75, 3.05) is 0 Å². The first-order chi connectivity index (χ1) is 10.4. The zero-order valence-electron chi connectivity index (χ0n) is 11.9. The number of rotatable bonds is 5. The smallest absolute Gasteiger partial charge is 0.128 e. The SMILES string of the molecule is c1ccc(C[C@H](Oc2ccccc2)c2ccccc2)cc1. The number of para-hydroxylation sites is 1. The van der Waals surface area contributed by atoms with Gasteiger partial charge in [-0.2, -0.15) is 0 Å². The largest absolute Gasteiger partial charge is 0.485 e. The summed E-state index contributed by atoms with van der Waals surface area (Å²) in [5, 5.41) is 0. The van der Waals surface area contributed by atoms with E-state index < -0.39 is 0 Å². The van der Waals surface area contributed by atoms with Gasteiger partial charge in [-0.05, 0) is 23.3 Å². The highest BCUT2D eigenvalue weighted by molar-refractivity contribution is 5.26. The molecular weight excluding hydrogens is 256 g/mol. The van der Waals surface area contributed by atoms with E-state index in [4.69, 9.17) is 4.74 Å². The summed E-state index contributed by atoms with van der Waals surface area (Å²) in [5.41, 5.74) is 2.48. The minimum absolute atomic E-state index is 0.0241. The van der Waals surface area contributed by atoms with E-state index in [1.165, 1.54) is 11.1 Å². The summed E-state index contributed by atoms with van der Waals surface area (Å²) in [6, 6.07) is 30.9. The van der Waals surface area contributed by atoms with Crippen LogP contribution in [0.1, 0.15) is 17.2 Å². The van der Waals surface area contributed by atoms with Gasteiger partial charge in [0, 0.05) is 6.42 Å². The molecule has 1 heteroatoms. The second-order valence-electron chi connectivity index (χ2n) is 5.02. The first-order valence-corrected chi connectivity index (χ1v) is 7.22. The van der Waals surface area contributed by atoms with Crippen molar-refractivity contribution in [1.29, 1.82) is 0 Å². The van der Waals surface area contributed by atoms with Gasteiger partial charge in [-0.25, -0.2) is 0 Å². The fraction of sp³-hybridized carbons (Fsp3) is 0.100. The first kappa shape index (κ1) is 13.4. The molecule has 0 unspecified atom stereocenters. The van der Waals surface area contributed by atoms with E-state index in [1.807, 2.05) is 42.5 Å². The molecule has 1 nitrogen and oxygen atoms in total. The van der Waals surface area contributed by atoms with Crippen molar-refractivity contribution in [3.63, 3.8) is 0 Å².